The van der Waals surface area contributed by atoms with Crippen molar-refractivity contribution >= 4 is 45.0 Å². The van der Waals surface area contributed by atoms with E-state index in [2.05, 4.69) is 16.9 Å². The number of carbonyl (C=O) groups is 1. The molecule has 1 aliphatic heterocycles. The van der Waals surface area contributed by atoms with E-state index in [0.29, 0.717) is 17.6 Å². The molecule has 0 spiro atoms. The number of anilines is 1. The number of carbonyl (C=O) groups excluding carboxylic acids is 1. The Morgan fingerprint density at radius 3 is 3.05 bits per heavy atom. The van der Waals surface area contributed by atoms with Crippen molar-refractivity contribution in [3.63, 3.8) is 0 Å². The molecule has 0 radical (unpaired) electrons. The van der Waals surface area contributed by atoms with Crippen LogP contribution in [0.2, 0.25) is 0 Å². The number of primary amides is 1. The molecule has 0 saturated carbocycles. The van der Waals surface area contributed by atoms with E-state index in [0.717, 1.165) is 29.5 Å². The van der Waals surface area contributed by atoms with Crippen LogP contribution >= 0.6 is 23.1 Å². The molecule has 0 aromatic carbocycles. The van der Waals surface area contributed by atoms with E-state index in [4.69, 9.17) is 16.2 Å². The molecular formula is C14H18N4O2S2. The molecule has 0 aliphatic carbocycles. The van der Waals surface area contributed by atoms with Crippen LogP contribution in [0.15, 0.2) is 5.16 Å². The van der Waals surface area contributed by atoms with E-state index in [-0.39, 0.29) is 11.9 Å². The van der Waals surface area contributed by atoms with Crippen LogP contribution in [0.1, 0.15) is 30.2 Å². The van der Waals surface area contributed by atoms with Crippen LogP contribution in [0.3, 0.4) is 0 Å². The van der Waals surface area contributed by atoms with Crippen LogP contribution in [0, 0.1) is 0 Å². The van der Waals surface area contributed by atoms with E-state index < -0.39 is 5.91 Å². The molecule has 3 heterocycles. The van der Waals surface area contributed by atoms with Crippen LogP contribution in [0.4, 0.5) is 5.82 Å². The number of nitrogens with two attached hydrogens (primary N) is 2. The number of ether oxygens (including phenoxy) is 1. The molecule has 4 N–H and O–H groups in total. The summed E-state index contributed by atoms with van der Waals surface area (Å²) in [4.78, 5) is 21.7. The fourth-order valence-corrected chi connectivity index (χ4v) is 4.41. The summed E-state index contributed by atoms with van der Waals surface area (Å²) in [5.41, 5.74) is 12.5. The quantitative estimate of drug-likeness (QED) is 0.639. The van der Waals surface area contributed by atoms with Crippen molar-refractivity contribution in [2.24, 2.45) is 5.73 Å². The van der Waals surface area contributed by atoms with Crippen molar-refractivity contribution in [2.45, 2.75) is 44.1 Å². The molecule has 1 amide bonds. The summed E-state index contributed by atoms with van der Waals surface area (Å²) in [6, 6.07) is 0. The lowest BCUT2D eigenvalue weighted by atomic mass is 10.0. The Hall–Kier alpha value is -1.38. The van der Waals surface area contributed by atoms with Crippen LogP contribution in [-0.2, 0) is 22.6 Å². The first-order valence-electron chi connectivity index (χ1n) is 7.19. The average Bonchev–Trinajstić information content (AvgIpc) is 2.83. The summed E-state index contributed by atoms with van der Waals surface area (Å²) in [5.74, 6) is 0.234. The van der Waals surface area contributed by atoms with E-state index in [1.165, 1.54) is 22.2 Å². The molecule has 0 fully saturated rings. The number of aromatic nitrogens is 2. The first kappa shape index (κ1) is 15.5. The predicted molar refractivity (Wildman–Crippen MR) is 88.9 cm³/mol. The fourth-order valence-electron chi connectivity index (χ4n) is 2.63. The number of thioether (sulfide) groups is 1. The Morgan fingerprint density at radius 1 is 1.50 bits per heavy atom. The van der Waals surface area contributed by atoms with Gasteiger partial charge in [0.1, 0.15) is 10.6 Å². The number of nitrogens with zero attached hydrogens (tertiary/aromatic N) is 2. The van der Waals surface area contributed by atoms with Gasteiger partial charge in [-0.25, -0.2) is 9.97 Å². The highest BCUT2D eigenvalue weighted by molar-refractivity contribution is 7.99. The zero-order valence-corrected chi connectivity index (χ0v) is 13.9. The van der Waals surface area contributed by atoms with Gasteiger partial charge in [-0.3, -0.25) is 4.79 Å². The molecular weight excluding hydrogens is 320 g/mol. The molecule has 2 aromatic heterocycles. The average molecular weight is 338 g/mol. The van der Waals surface area contributed by atoms with Crippen LogP contribution < -0.4 is 11.5 Å². The van der Waals surface area contributed by atoms with Crippen LogP contribution in [-0.4, -0.2) is 27.7 Å². The second-order valence-electron chi connectivity index (χ2n) is 5.26. The van der Waals surface area contributed by atoms with Gasteiger partial charge < -0.3 is 16.2 Å². The Labute approximate surface area is 136 Å². The molecule has 2 aromatic rings. The van der Waals surface area contributed by atoms with Gasteiger partial charge in [-0.2, -0.15) is 0 Å². The Morgan fingerprint density at radius 2 is 2.32 bits per heavy atom. The van der Waals surface area contributed by atoms with E-state index in [1.807, 2.05) is 0 Å². The second kappa shape index (κ2) is 6.39. The van der Waals surface area contributed by atoms with Gasteiger partial charge in [0.05, 0.1) is 23.8 Å². The number of rotatable bonds is 5. The largest absolute Gasteiger partial charge is 0.383 e. The molecule has 1 atom stereocenters. The van der Waals surface area contributed by atoms with Gasteiger partial charge in [0.15, 0.2) is 5.16 Å². The molecule has 22 heavy (non-hydrogen) atoms. The normalized spacial score (nSPS) is 17.6. The number of fused-ring (bicyclic) bond motifs is 3. The maximum atomic E-state index is 10.9. The topological polar surface area (TPSA) is 104 Å². The molecule has 0 unspecified atom stereocenters. The van der Waals surface area contributed by atoms with Crippen molar-refractivity contribution in [3.8, 4) is 0 Å². The lowest BCUT2D eigenvalue weighted by molar-refractivity contribution is -0.115. The molecule has 6 nitrogen and oxygen atoms in total. The summed E-state index contributed by atoms with van der Waals surface area (Å²) in [6.07, 6.45) is 3.26. The summed E-state index contributed by atoms with van der Waals surface area (Å²) in [5, 5.41) is 1.45. The highest BCUT2D eigenvalue weighted by atomic mass is 32.2. The van der Waals surface area contributed by atoms with E-state index in [9.17, 15) is 4.79 Å². The lowest BCUT2D eigenvalue weighted by Gasteiger charge is -2.22. The molecule has 1 aliphatic rings. The lowest BCUT2D eigenvalue weighted by Crippen LogP contribution is -2.21. The molecule has 118 valence electrons. The molecule has 8 heteroatoms. The number of amides is 1. The number of hydrogen-bond acceptors (Lipinski definition) is 7. The first-order valence-corrected chi connectivity index (χ1v) is 8.99. The minimum atomic E-state index is -0.395. The van der Waals surface area contributed by atoms with E-state index in [1.54, 1.807) is 11.3 Å². The van der Waals surface area contributed by atoms with Crippen molar-refractivity contribution < 1.29 is 9.53 Å². The Kier molecular flexibility index (Phi) is 4.51. The summed E-state index contributed by atoms with van der Waals surface area (Å²) >= 11 is 2.81. The van der Waals surface area contributed by atoms with Crippen molar-refractivity contribution in [3.05, 3.63) is 10.4 Å². The minimum absolute atomic E-state index is 0.151. The van der Waals surface area contributed by atoms with Gasteiger partial charge in [-0.1, -0.05) is 25.1 Å². The predicted octanol–water partition coefficient (Wildman–Crippen LogP) is 2.09. The highest BCUT2D eigenvalue weighted by Crippen LogP contribution is 2.38. The monoisotopic (exact) mass is 338 g/mol. The summed E-state index contributed by atoms with van der Waals surface area (Å²) < 4.78 is 5.88. The fraction of sp³-hybridized carbons (Fsp3) is 0.500. The molecule has 0 saturated heterocycles. The van der Waals surface area contributed by atoms with Gasteiger partial charge >= 0.3 is 0 Å². The van der Waals surface area contributed by atoms with Gasteiger partial charge in [-0.15, -0.1) is 11.3 Å². The SMILES string of the molecule is CCC[C@H]1Cc2c(sc3nc(SCC(N)=O)nc(N)c23)CO1. The molecule has 3 rings (SSSR count). The minimum Gasteiger partial charge on any atom is -0.383 e. The second-order valence-corrected chi connectivity index (χ2v) is 7.28. The zero-order valence-electron chi connectivity index (χ0n) is 12.3. The maximum absolute atomic E-state index is 10.9. The van der Waals surface area contributed by atoms with Crippen LogP contribution in [0.25, 0.3) is 10.2 Å². The summed E-state index contributed by atoms with van der Waals surface area (Å²) in [6.45, 7) is 2.77. The Balaban J connectivity index is 1.95. The maximum Gasteiger partial charge on any atom is 0.227 e. The van der Waals surface area contributed by atoms with E-state index >= 15 is 0 Å². The third-order valence-corrected chi connectivity index (χ3v) is 5.55. The third kappa shape index (κ3) is 3.04. The Bertz CT molecular complexity index is 716. The third-order valence-electron chi connectivity index (χ3n) is 3.58. The van der Waals surface area contributed by atoms with Crippen LogP contribution in [0.5, 0.6) is 0 Å². The summed E-state index contributed by atoms with van der Waals surface area (Å²) in [7, 11) is 0. The van der Waals surface area contributed by atoms with Gasteiger partial charge in [0.25, 0.3) is 0 Å². The standard InChI is InChI=1S/C14H18N4O2S2/c1-2-3-7-4-8-9(5-20-7)22-13-11(8)12(16)17-14(18-13)21-6-10(15)19/h7H,2-6H2,1H3,(H2,15,19)(H2,16,17,18)/t7-/m0/s1. The van der Waals surface area contributed by atoms with Crippen molar-refractivity contribution in [1.29, 1.82) is 0 Å². The number of nitrogen functional groups attached to an aromatic ring is 1. The number of hydrogen-bond donors (Lipinski definition) is 2. The van der Waals surface area contributed by atoms with Gasteiger partial charge in [-0.05, 0) is 12.0 Å². The van der Waals surface area contributed by atoms with Gasteiger partial charge in [0, 0.05) is 11.3 Å². The zero-order chi connectivity index (χ0) is 15.7. The molecule has 0 bridgehead atoms. The smallest absolute Gasteiger partial charge is 0.227 e. The number of thiophene rings is 1. The van der Waals surface area contributed by atoms with Gasteiger partial charge in [0.2, 0.25) is 5.91 Å². The first-order chi connectivity index (χ1) is 10.6. The van der Waals surface area contributed by atoms with Crippen molar-refractivity contribution in [1.82, 2.24) is 9.97 Å². The highest BCUT2D eigenvalue weighted by Gasteiger charge is 2.25. The van der Waals surface area contributed by atoms with Crippen molar-refractivity contribution in [2.75, 3.05) is 11.5 Å².